The van der Waals surface area contributed by atoms with Crippen molar-refractivity contribution in [2.75, 3.05) is 32.7 Å². The highest BCUT2D eigenvalue weighted by Crippen LogP contribution is 2.19. The van der Waals surface area contributed by atoms with E-state index < -0.39 is 10.0 Å². The lowest BCUT2D eigenvalue weighted by Crippen LogP contribution is -2.49. The van der Waals surface area contributed by atoms with E-state index in [9.17, 15) is 8.42 Å². The summed E-state index contributed by atoms with van der Waals surface area (Å²) in [5.74, 6) is 1.12. The number of hydrogen-bond donors (Lipinski definition) is 0. The van der Waals surface area contributed by atoms with E-state index in [2.05, 4.69) is 15.1 Å². The fraction of sp³-hybridized carbons (Fsp3) is 0.300. The Balaban J connectivity index is 1.30. The molecule has 4 rings (SSSR count). The van der Waals surface area contributed by atoms with Crippen molar-refractivity contribution in [1.29, 1.82) is 0 Å². The number of rotatable bonds is 6. The van der Waals surface area contributed by atoms with Crippen LogP contribution in [0.15, 0.2) is 70.0 Å². The normalized spacial score (nSPS) is 16.3. The van der Waals surface area contributed by atoms with E-state index in [0.717, 1.165) is 12.1 Å². The standard InChI is InChI=1S/C20H22N4O3S/c25-28(26,18-9-5-2-6-10-18)24-15-13-23(14-16-24)12-11-19-21-22-20(27-19)17-7-3-1-4-8-17/h1-10H,11-16H2. The van der Waals surface area contributed by atoms with E-state index >= 15 is 0 Å². The van der Waals surface area contributed by atoms with Crippen LogP contribution >= 0.6 is 0 Å². The summed E-state index contributed by atoms with van der Waals surface area (Å²) in [7, 11) is -3.41. The molecule has 0 amide bonds. The average Bonchev–Trinajstić information content (AvgIpc) is 3.23. The van der Waals surface area contributed by atoms with Crippen molar-refractivity contribution >= 4 is 10.0 Å². The maximum atomic E-state index is 12.7. The molecular formula is C20H22N4O3S. The van der Waals surface area contributed by atoms with Crippen LogP contribution in [0.5, 0.6) is 0 Å². The average molecular weight is 398 g/mol. The van der Waals surface area contributed by atoms with Crippen LogP contribution in [-0.2, 0) is 16.4 Å². The van der Waals surface area contributed by atoms with E-state index in [1.165, 1.54) is 0 Å². The van der Waals surface area contributed by atoms with Crippen molar-refractivity contribution in [3.05, 3.63) is 66.6 Å². The second kappa shape index (κ2) is 8.22. The molecule has 0 bridgehead atoms. The number of hydrogen-bond acceptors (Lipinski definition) is 6. The molecule has 1 saturated heterocycles. The SMILES string of the molecule is O=S(=O)(c1ccccc1)N1CCN(CCc2nnc(-c3ccccc3)o2)CC1. The first-order valence-electron chi connectivity index (χ1n) is 9.28. The summed E-state index contributed by atoms with van der Waals surface area (Å²) in [6.07, 6.45) is 0.644. The largest absolute Gasteiger partial charge is 0.421 e. The molecule has 0 spiro atoms. The molecule has 0 N–H and O–H groups in total. The van der Waals surface area contributed by atoms with Crippen molar-refractivity contribution in [2.45, 2.75) is 11.3 Å². The Morgan fingerprint density at radius 1 is 0.857 bits per heavy atom. The van der Waals surface area contributed by atoms with Crippen LogP contribution in [0.2, 0.25) is 0 Å². The van der Waals surface area contributed by atoms with Gasteiger partial charge in [0.05, 0.1) is 4.90 Å². The van der Waals surface area contributed by atoms with Crippen LogP contribution in [0.1, 0.15) is 5.89 Å². The Morgan fingerprint density at radius 2 is 1.50 bits per heavy atom. The molecule has 0 unspecified atom stereocenters. The predicted molar refractivity (Wildman–Crippen MR) is 105 cm³/mol. The van der Waals surface area contributed by atoms with Crippen LogP contribution in [0.4, 0.5) is 0 Å². The van der Waals surface area contributed by atoms with Crippen LogP contribution in [0.3, 0.4) is 0 Å². The van der Waals surface area contributed by atoms with E-state index in [0.29, 0.717) is 49.3 Å². The van der Waals surface area contributed by atoms with Gasteiger partial charge in [-0.25, -0.2) is 8.42 Å². The Kier molecular flexibility index (Phi) is 5.52. The van der Waals surface area contributed by atoms with Gasteiger partial charge in [0.25, 0.3) is 0 Å². The highest BCUT2D eigenvalue weighted by Gasteiger charge is 2.28. The molecule has 0 atom stereocenters. The lowest BCUT2D eigenvalue weighted by atomic mass is 10.2. The number of nitrogens with zero attached hydrogens (tertiary/aromatic N) is 4. The van der Waals surface area contributed by atoms with Gasteiger partial charge < -0.3 is 9.32 Å². The quantitative estimate of drug-likeness (QED) is 0.634. The zero-order chi connectivity index (χ0) is 19.4. The third kappa shape index (κ3) is 4.14. The molecule has 0 saturated carbocycles. The lowest BCUT2D eigenvalue weighted by molar-refractivity contribution is 0.187. The van der Waals surface area contributed by atoms with Crippen LogP contribution in [-0.4, -0.2) is 60.5 Å². The van der Waals surface area contributed by atoms with E-state index in [1.807, 2.05) is 36.4 Å². The fourth-order valence-electron chi connectivity index (χ4n) is 3.24. The van der Waals surface area contributed by atoms with Gasteiger partial charge in [0, 0.05) is 44.7 Å². The van der Waals surface area contributed by atoms with Crippen molar-refractivity contribution in [1.82, 2.24) is 19.4 Å². The van der Waals surface area contributed by atoms with E-state index in [-0.39, 0.29) is 0 Å². The molecular weight excluding hydrogens is 376 g/mol. The van der Waals surface area contributed by atoms with E-state index in [4.69, 9.17) is 4.42 Å². The van der Waals surface area contributed by atoms with Crippen molar-refractivity contribution in [3.63, 3.8) is 0 Å². The zero-order valence-corrected chi connectivity index (χ0v) is 16.3. The fourth-order valence-corrected chi connectivity index (χ4v) is 4.68. The molecule has 8 heteroatoms. The first-order chi connectivity index (χ1) is 13.6. The second-order valence-corrected chi connectivity index (χ2v) is 8.61. The molecule has 28 heavy (non-hydrogen) atoms. The van der Waals surface area contributed by atoms with Gasteiger partial charge in [-0.3, -0.25) is 0 Å². The summed E-state index contributed by atoms with van der Waals surface area (Å²) in [6.45, 7) is 3.10. The number of aromatic nitrogens is 2. The minimum atomic E-state index is -3.41. The highest BCUT2D eigenvalue weighted by molar-refractivity contribution is 7.89. The monoisotopic (exact) mass is 398 g/mol. The van der Waals surface area contributed by atoms with Gasteiger partial charge in [-0.05, 0) is 24.3 Å². The van der Waals surface area contributed by atoms with Gasteiger partial charge in [0.1, 0.15) is 0 Å². The summed E-state index contributed by atoms with van der Waals surface area (Å²) in [4.78, 5) is 2.58. The van der Waals surface area contributed by atoms with Gasteiger partial charge in [-0.2, -0.15) is 4.31 Å². The van der Waals surface area contributed by atoms with Crippen LogP contribution in [0.25, 0.3) is 11.5 Å². The molecule has 2 aromatic carbocycles. The number of benzene rings is 2. The number of piperazine rings is 1. The molecule has 2 heterocycles. The molecule has 1 aliphatic rings. The lowest BCUT2D eigenvalue weighted by Gasteiger charge is -2.33. The van der Waals surface area contributed by atoms with Crippen molar-refractivity contribution in [3.8, 4) is 11.5 Å². The molecule has 0 aliphatic carbocycles. The molecule has 1 aromatic heterocycles. The van der Waals surface area contributed by atoms with Crippen molar-refractivity contribution in [2.24, 2.45) is 0 Å². The summed E-state index contributed by atoms with van der Waals surface area (Å²) < 4.78 is 32.7. The summed E-state index contributed by atoms with van der Waals surface area (Å²) in [5, 5.41) is 8.23. The number of sulfonamides is 1. The Hall–Kier alpha value is -2.55. The summed E-state index contributed by atoms with van der Waals surface area (Å²) in [5.41, 5.74) is 0.904. The molecule has 3 aromatic rings. The molecule has 7 nitrogen and oxygen atoms in total. The zero-order valence-electron chi connectivity index (χ0n) is 15.4. The van der Waals surface area contributed by atoms with Gasteiger partial charge in [-0.15, -0.1) is 10.2 Å². The second-order valence-electron chi connectivity index (χ2n) is 6.68. The van der Waals surface area contributed by atoms with Crippen LogP contribution in [0, 0.1) is 0 Å². The van der Waals surface area contributed by atoms with Crippen LogP contribution < -0.4 is 0 Å². The highest BCUT2D eigenvalue weighted by atomic mass is 32.2. The Labute approximate surface area is 164 Å². The first-order valence-corrected chi connectivity index (χ1v) is 10.7. The Morgan fingerprint density at radius 3 is 2.18 bits per heavy atom. The Bertz CT molecular complexity index is 998. The minimum absolute atomic E-state index is 0.350. The first kappa shape index (κ1) is 18.8. The minimum Gasteiger partial charge on any atom is -0.421 e. The maximum Gasteiger partial charge on any atom is 0.247 e. The third-order valence-electron chi connectivity index (χ3n) is 4.84. The molecule has 0 radical (unpaired) electrons. The summed E-state index contributed by atoms with van der Waals surface area (Å²) in [6, 6.07) is 18.3. The summed E-state index contributed by atoms with van der Waals surface area (Å²) >= 11 is 0. The van der Waals surface area contributed by atoms with Gasteiger partial charge in [0.15, 0.2) is 0 Å². The molecule has 146 valence electrons. The predicted octanol–water partition coefficient (Wildman–Crippen LogP) is 2.29. The van der Waals surface area contributed by atoms with Gasteiger partial charge >= 0.3 is 0 Å². The third-order valence-corrected chi connectivity index (χ3v) is 6.75. The van der Waals surface area contributed by atoms with Gasteiger partial charge in [0.2, 0.25) is 21.8 Å². The topological polar surface area (TPSA) is 79.5 Å². The molecule has 1 fully saturated rings. The van der Waals surface area contributed by atoms with Gasteiger partial charge in [-0.1, -0.05) is 36.4 Å². The molecule has 1 aliphatic heterocycles. The van der Waals surface area contributed by atoms with E-state index in [1.54, 1.807) is 28.6 Å². The maximum absolute atomic E-state index is 12.7. The van der Waals surface area contributed by atoms with Crippen molar-refractivity contribution < 1.29 is 12.8 Å². The smallest absolute Gasteiger partial charge is 0.247 e.